The first-order valence-electron chi connectivity index (χ1n) is 15.5. The van der Waals surface area contributed by atoms with Gasteiger partial charge in [0.05, 0.1) is 29.9 Å². The molecule has 0 aromatic heterocycles. The largest absolute Gasteiger partial charge is 0.379 e. The molecular formula is C35H41N5O4S. The van der Waals surface area contributed by atoms with Gasteiger partial charge in [0.1, 0.15) is 0 Å². The van der Waals surface area contributed by atoms with Gasteiger partial charge in [0.15, 0.2) is 0 Å². The number of carbonyl (C=O) groups is 1. The third-order valence-corrected chi connectivity index (χ3v) is 10.8. The van der Waals surface area contributed by atoms with Gasteiger partial charge in [-0.05, 0) is 90.6 Å². The highest BCUT2D eigenvalue weighted by Gasteiger charge is 2.44. The lowest BCUT2D eigenvalue weighted by Gasteiger charge is -2.30. The van der Waals surface area contributed by atoms with Crippen molar-refractivity contribution >= 4 is 39.1 Å². The van der Waals surface area contributed by atoms with Crippen LogP contribution in [0, 0.1) is 5.92 Å². The third-order valence-electron chi connectivity index (χ3n) is 8.92. The standard InChI is InChI=1S/C35H41N5O4S/c1-37(2)29-14-8-25(9-15-29)24-28-6-5-7-32-33(28)36-40(34(32)26-10-16-30(17-11-26)38(3)4)35(41)27-12-18-31(19-13-27)45(42,43)39-20-22-44-23-21-39/h8-19,24,32,34H,5-7,20-23H2,1-4H3. The molecule has 3 aliphatic rings. The predicted octanol–water partition coefficient (Wildman–Crippen LogP) is 5.28. The number of fused-ring (bicyclic) bond motifs is 1. The normalized spacial score (nSPS) is 21.4. The van der Waals surface area contributed by atoms with E-state index in [1.54, 1.807) is 17.1 Å². The molecule has 1 aliphatic carbocycles. The van der Waals surface area contributed by atoms with E-state index in [0.29, 0.717) is 31.9 Å². The third kappa shape index (κ3) is 6.27. The van der Waals surface area contributed by atoms with Crippen molar-refractivity contribution in [3.8, 4) is 0 Å². The molecule has 1 saturated heterocycles. The summed E-state index contributed by atoms with van der Waals surface area (Å²) in [4.78, 5) is 18.5. The van der Waals surface area contributed by atoms with Crippen LogP contribution in [-0.4, -0.2) is 83.8 Å². The number of hydrazone groups is 1. The summed E-state index contributed by atoms with van der Waals surface area (Å²) in [6.45, 7) is 1.39. The molecule has 10 heteroatoms. The molecule has 236 valence electrons. The Morgan fingerprint density at radius 3 is 2.07 bits per heavy atom. The van der Waals surface area contributed by atoms with Crippen LogP contribution in [0.3, 0.4) is 0 Å². The van der Waals surface area contributed by atoms with Crippen LogP contribution < -0.4 is 9.80 Å². The van der Waals surface area contributed by atoms with Crippen LogP contribution in [0.2, 0.25) is 0 Å². The second kappa shape index (κ2) is 12.8. The summed E-state index contributed by atoms with van der Waals surface area (Å²) in [6, 6.07) is 22.8. The Balaban J connectivity index is 1.34. The van der Waals surface area contributed by atoms with E-state index >= 15 is 0 Å². The maximum Gasteiger partial charge on any atom is 0.274 e. The number of ether oxygens (including phenoxy) is 1. The van der Waals surface area contributed by atoms with Crippen molar-refractivity contribution in [1.29, 1.82) is 0 Å². The van der Waals surface area contributed by atoms with Crippen LogP contribution in [-0.2, 0) is 14.8 Å². The van der Waals surface area contributed by atoms with Crippen molar-refractivity contribution in [3.05, 3.63) is 95.1 Å². The van der Waals surface area contributed by atoms with Crippen LogP contribution in [0.5, 0.6) is 0 Å². The Kier molecular flexibility index (Phi) is 8.81. The minimum Gasteiger partial charge on any atom is -0.379 e. The summed E-state index contributed by atoms with van der Waals surface area (Å²) < 4.78 is 33.1. The maximum absolute atomic E-state index is 14.2. The molecule has 0 N–H and O–H groups in total. The minimum absolute atomic E-state index is 0.0566. The summed E-state index contributed by atoms with van der Waals surface area (Å²) in [5, 5.41) is 6.67. The van der Waals surface area contributed by atoms with Gasteiger partial charge < -0.3 is 14.5 Å². The zero-order valence-electron chi connectivity index (χ0n) is 26.4. The van der Waals surface area contributed by atoms with Crippen LogP contribution in [0.4, 0.5) is 11.4 Å². The van der Waals surface area contributed by atoms with Gasteiger partial charge >= 0.3 is 0 Å². The molecule has 9 nitrogen and oxygen atoms in total. The van der Waals surface area contributed by atoms with Gasteiger partial charge in [0.25, 0.3) is 5.91 Å². The van der Waals surface area contributed by atoms with E-state index in [-0.39, 0.29) is 22.8 Å². The zero-order chi connectivity index (χ0) is 31.7. The van der Waals surface area contributed by atoms with Gasteiger partial charge in [0.2, 0.25) is 10.0 Å². The molecule has 3 aromatic rings. The number of rotatable bonds is 7. The Bertz CT molecular complexity index is 1690. The van der Waals surface area contributed by atoms with Crippen molar-refractivity contribution in [2.75, 3.05) is 64.3 Å². The molecule has 45 heavy (non-hydrogen) atoms. The number of morpholine rings is 1. The van der Waals surface area contributed by atoms with Crippen molar-refractivity contribution in [3.63, 3.8) is 0 Å². The molecule has 2 heterocycles. The fourth-order valence-corrected chi connectivity index (χ4v) is 7.79. The molecule has 1 saturated carbocycles. The van der Waals surface area contributed by atoms with Crippen molar-refractivity contribution < 1.29 is 17.9 Å². The highest BCUT2D eigenvalue weighted by molar-refractivity contribution is 7.89. The number of nitrogens with zero attached hydrogens (tertiary/aromatic N) is 5. The van der Waals surface area contributed by atoms with Crippen LogP contribution in [0.15, 0.2) is 88.4 Å². The van der Waals surface area contributed by atoms with Gasteiger partial charge in [-0.3, -0.25) is 4.79 Å². The summed E-state index contributed by atoms with van der Waals surface area (Å²) in [5.41, 5.74) is 6.87. The smallest absolute Gasteiger partial charge is 0.274 e. The van der Waals surface area contributed by atoms with E-state index in [9.17, 15) is 13.2 Å². The number of hydrogen-bond acceptors (Lipinski definition) is 7. The van der Waals surface area contributed by atoms with E-state index in [1.807, 2.05) is 28.2 Å². The average Bonchev–Trinajstić information content (AvgIpc) is 3.46. The first-order chi connectivity index (χ1) is 21.6. The fourth-order valence-electron chi connectivity index (χ4n) is 6.38. The van der Waals surface area contributed by atoms with E-state index in [0.717, 1.165) is 53.0 Å². The minimum atomic E-state index is -3.66. The lowest BCUT2D eigenvalue weighted by atomic mass is 9.77. The van der Waals surface area contributed by atoms with Crippen molar-refractivity contribution in [2.24, 2.45) is 11.0 Å². The molecule has 2 aliphatic heterocycles. The van der Waals surface area contributed by atoms with Crippen LogP contribution in [0.25, 0.3) is 6.08 Å². The topological polar surface area (TPSA) is 85.8 Å². The molecule has 3 aromatic carbocycles. The summed E-state index contributed by atoms with van der Waals surface area (Å²) in [6.07, 6.45) is 5.03. The molecule has 2 unspecified atom stereocenters. The molecule has 0 radical (unpaired) electrons. The van der Waals surface area contributed by atoms with Gasteiger partial charge in [-0.2, -0.15) is 9.41 Å². The SMILES string of the molecule is CN(C)c1ccc(C=C2CCCC3C2=NN(C(=O)c2ccc(S(=O)(=O)N4CCOCC4)cc2)C3c2ccc(N(C)C)cc2)cc1. The Hall–Kier alpha value is -3.99. The van der Waals surface area contributed by atoms with Crippen LogP contribution >= 0.6 is 0 Å². The number of allylic oxidation sites excluding steroid dienone is 1. The zero-order valence-corrected chi connectivity index (χ0v) is 27.2. The second-order valence-electron chi connectivity index (χ2n) is 12.3. The predicted molar refractivity (Wildman–Crippen MR) is 179 cm³/mol. The van der Waals surface area contributed by atoms with E-state index in [2.05, 4.69) is 64.4 Å². The molecule has 0 spiro atoms. The average molecular weight is 628 g/mol. The van der Waals surface area contributed by atoms with E-state index in [4.69, 9.17) is 9.84 Å². The number of benzene rings is 3. The van der Waals surface area contributed by atoms with Crippen LogP contribution in [0.1, 0.15) is 46.8 Å². The highest BCUT2D eigenvalue weighted by atomic mass is 32.2. The fraction of sp³-hybridized carbons (Fsp3) is 0.371. The maximum atomic E-state index is 14.2. The summed E-state index contributed by atoms with van der Waals surface area (Å²) >= 11 is 0. The molecule has 0 bridgehead atoms. The first kappa shape index (κ1) is 31.0. The van der Waals surface area contributed by atoms with Crippen molar-refractivity contribution in [2.45, 2.75) is 30.2 Å². The molecule has 1 amide bonds. The number of carbonyl (C=O) groups excluding carboxylic acids is 1. The Morgan fingerprint density at radius 1 is 0.867 bits per heavy atom. The number of hydrogen-bond donors (Lipinski definition) is 0. The Morgan fingerprint density at radius 2 is 1.47 bits per heavy atom. The molecule has 2 atom stereocenters. The Labute approximate surface area is 266 Å². The quantitative estimate of drug-likeness (QED) is 0.355. The van der Waals surface area contributed by atoms with Gasteiger partial charge in [-0.25, -0.2) is 13.4 Å². The summed E-state index contributed by atoms with van der Waals surface area (Å²) in [5.74, 6) is -0.190. The van der Waals surface area contributed by atoms with E-state index in [1.165, 1.54) is 16.4 Å². The summed E-state index contributed by atoms with van der Waals surface area (Å²) in [7, 11) is 4.41. The number of sulfonamides is 1. The van der Waals surface area contributed by atoms with E-state index < -0.39 is 10.0 Å². The lowest BCUT2D eigenvalue weighted by molar-refractivity contribution is 0.0680. The molecule has 2 fully saturated rings. The monoisotopic (exact) mass is 627 g/mol. The van der Waals surface area contributed by atoms with Gasteiger partial charge in [-0.1, -0.05) is 24.3 Å². The van der Waals surface area contributed by atoms with Gasteiger partial charge in [-0.15, -0.1) is 0 Å². The second-order valence-corrected chi connectivity index (χ2v) is 14.2. The molecular weight excluding hydrogens is 586 g/mol. The molecule has 6 rings (SSSR count). The highest BCUT2D eigenvalue weighted by Crippen LogP contribution is 2.45. The first-order valence-corrected chi connectivity index (χ1v) is 16.9. The number of amides is 1. The lowest BCUT2D eigenvalue weighted by Crippen LogP contribution is -2.40. The van der Waals surface area contributed by atoms with Crippen molar-refractivity contribution in [1.82, 2.24) is 9.31 Å². The van der Waals surface area contributed by atoms with Gasteiger partial charge in [0, 0.05) is 64.1 Å². The number of anilines is 2.